The number of nitrogens with one attached hydrogen (secondary N) is 2. The second-order valence-electron chi connectivity index (χ2n) is 7.66. The molecule has 0 unspecified atom stereocenters. The van der Waals surface area contributed by atoms with E-state index in [1.165, 1.54) is 10.9 Å². The molecule has 2 aliphatic heterocycles. The molecule has 2 fully saturated rings. The van der Waals surface area contributed by atoms with Crippen molar-refractivity contribution in [1.29, 1.82) is 0 Å². The van der Waals surface area contributed by atoms with Gasteiger partial charge in [-0.1, -0.05) is 13.8 Å². The zero-order valence-electron chi connectivity index (χ0n) is 16.6. The quantitative estimate of drug-likeness (QED) is 0.479. The number of fused-ring (bicyclic) bond motifs is 1. The molecule has 0 spiro atoms. The number of hydrogen-bond donors (Lipinski definition) is 4. The Morgan fingerprint density at radius 2 is 2.30 bits per heavy atom. The van der Waals surface area contributed by atoms with E-state index in [9.17, 15) is 19.8 Å². The van der Waals surface area contributed by atoms with Crippen LogP contribution in [0.3, 0.4) is 0 Å². The molecule has 5 atom stereocenters. The number of aliphatic hydroxyl groups excluding tert-OH is 2. The van der Waals surface area contributed by atoms with Crippen LogP contribution in [0.25, 0.3) is 11.2 Å². The number of hydrogen-bond acceptors (Lipinski definition) is 9. The third kappa shape index (κ3) is 3.84. The number of aliphatic hydroxyl groups is 2. The molecule has 12 nitrogen and oxygen atoms in total. The Morgan fingerprint density at radius 3 is 2.97 bits per heavy atom. The summed E-state index contributed by atoms with van der Waals surface area (Å²) < 4.78 is 18.7. The maximum atomic E-state index is 12.4. The number of ether oxygens (including phenoxy) is 3. The van der Waals surface area contributed by atoms with Crippen LogP contribution in [0, 0.1) is 5.92 Å². The molecule has 1 amide bonds. The van der Waals surface area contributed by atoms with Crippen LogP contribution in [0.15, 0.2) is 11.1 Å². The van der Waals surface area contributed by atoms with Crippen molar-refractivity contribution in [3.05, 3.63) is 16.7 Å². The summed E-state index contributed by atoms with van der Waals surface area (Å²) in [4.78, 5) is 35.3. The van der Waals surface area contributed by atoms with Crippen LogP contribution < -0.4 is 10.9 Å². The van der Waals surface area contributed by atoms with Crippen LogP contribution >= 0.6 is 0 Å². The van der Waals surface area contributed by atoms with Crippen LogP contribution in [-0.4, -0.2) is 73.5 Å². The fourth-order valence-electron chi connectivity index (χ4n) is 3.50. The molecule has 4 rings (SSSR count). The zero-order valence-corrected chi connectivity index (χ0v) is 16.6. The van der Waals surface area contributed by atoms with E-state index >= 15 is 0 Å². The van der Waals surface area contributed by atoms with Gasteiger partial charge in [-0.2, -0.15) is 4.98 Å². The Kier molecular flexibility index (Phi) is 5.84. The Labute approximate surface area is 171 Å². The van der Waals surface area contributed by atoms with Crippen LogP contribution in [0.1, 0.15) is 32.9 Å². The largest absolute Gasteiger partial charge is 0.394 e. The van der Waals surface area contributed by atoms with Crippen molar-refractivity contribution in [2.24, 2.45) is 5.92 Å². The number of H-pyrrole nitrogens is 1. The van der Waals surface area contributed by atoms with Crippen molar-refractivity contribution in [1.82, 2.24) is 19.5 Å². The lowest BCUT2D eigenvalue weighted by atomic mass is 10.1. The Morgan fingerprint density at radius 1 is 1.50 bits per heavy atom. The molecule has 2 aromatic heterocycles. The van der Waals surface area contributed by atoms with Gasteiger partial charge in [-0.05, 0) is 6.42 Å². The van der Waals surface area contributed by atoms with Crippen LogP contribution in [0.4, 0.5) is 5.95 Å². The fraction of sp³-hybridized carbons (Fsp3) is 0.667. The molecular formula is C18H25N5O7. The van der Waals surface area contributed by atoms with E-state index in [0.29, 0.717) is 13.0 Å². The average Bonchev–Trinajstić information content (AvgIpc) is 3.43. The monoisotopic (exact) mass is 423 g/mol. The van der Waals surface area contributed by atoms with Crippen molar-refractivity contribution in [2.75, 3.05) is 18.5 Å². The highest BCUT2D eigenvalue weighted by Crippen LogP contribution is 2.35. The molecule has 12 heteroatoms. The van der Waals surface area contributed by atoms with E-state index in [0.717, 1.165) is 6.42 Å². The number of imidazole rings is 1. The van der Waals surface area contributed by atoms with Gasteiger partial charge in [-0.15, -0.1) is 0 Å². The number of carbonyl (C=O) groups is 1. The van der Waals surface area contributed by atoms with Crippen molar-refractivity contribution < 1.29 is 29.2 Å². The van der Waals surface area contributed by atoms with Crippen molar-refractivity contribution in [3.8, 4) is 0 Å². The lowest BCUT2D eigenvalue weighted by Gasteiger charge is -2.24. The molecule has 2 aliphatic rings. The van der Waals surface area contributed by atoms with Gasteiger partial charge in [0.25, 0.3) is 5.56 Å². The van der Waals surface area contributed by atoms with Crippen LogP contribution in [-0.2, 0) is 19.0 Å². The number of amides is 1. The maximum absolute atomic E-state index is 12.4. The van der Waals surface area contributed by atoms with E-state index in [2.05, 4.69) is 20.3 Å². The zero-order chi connectivity index (χ0) is 21.4. The number of aromatic nitrogens is 4. The molecular weight excluding hydrogens is 398 g/mol. The van der Waals surface area contributed by atoms with Crippen LogP contribution in [0.2, 0.25) is 0 Å². The lowest BCUT2D eigenvalue weighted by Crippen LogP contribution is -2.38. The van der Waals surface area contributed by atoms with E-state index in [1.807, 2.05) is 0 Å². The summed E-state index contributed by atoms with van der Waals surface area (Å²) >= 11 is 0. The highest BCUT2D eigenvalue weighted by Gasteiger charge is 2.47. The highest BCUT2D eigenvalue weighted by atomic mass is 16.7. The third-order valence-corrected chi connectivity index (χ3v) is 5.16. The molecule has 0 aliphatic carbocycles. The molecule has 164 valence electrons. The predicted molar refractivity (Wildman–Crippen MR) is 102 cm³/mol. The number of aromatic amines is 1. The Balaban J connectivity index is 1.70. The first-order chi connectivity index (χ1) is 14.4. The molecule has 2 saturated heterocycles. The second kappa shape index (κ2) is 8.40. The molecule has 30 heavy (non-hydrogen) atoms. The SMILES string of the molecule is CC(C)C(=O)Nc1nc2c(ncn2[C@@H]2O[C@H](CO)[C@@H](O)[C@H]2O[C@@H]2CCCO2)c(=O)[nH]1. The molecule has 0 aromatic carbocycles. The minimum Gasteiger partial charge on any atom is -0.394 e. The fourth-order valence-corrected chi connectivity index (χ4v) is 3.50. The average molecular weight is 423 g/mol. The van der Waals surface area contributed by atoms with Gasteiger partial charge in [0.15, 0.2) is 23.7 Å². The van der Waals surface area contributed by atoms with E-state index in [-0.39, 0.29) is 28.9 Å². The number of carbonyl (C=O) groups excluding carboxylic acids is 1. The molecule has 0 saturated carbocycles. The molecule has 4 heterocycles. The first-order valence-electron chi connectivity index (χ1n) is 9.88. The van der Waals surface area contributed by atoms with Gasteiger partial charge in [0.1, 0.15) is 18.3 Å². The topological polar surface area (TPSA) is 161 Å². The van der Waals surface area contributed by atoms with E-state index in [4.69, 9.17) is 14.2 Å². The van der Waals surface area contributed by atoms with Crippen molar-refractivity contribution >= 4 is 23.0 Å². The summed E-state index contributed by atoms with van der Waals surface area (Å²) in [6.07, 6.45) is -1.43. The second-order valence-corrected chi connectivity index (χ2v) is 7.66. The van der Waals surface area contributed by atoms with Gasteiger partial charge in [-0.25, -0.2) is 4.98 Å². The van der Waals surface area contributed by atoms with E-state index in [1.54, 1.807) is 13.8 Å². The van der Waals surface area contributed by atoms with Gasteiger partial charge in [0, 0.05) is 18.9 Å². The van der Waals surface area contributed by atoms with E-state index < -0.39 is 43.0 Å². The Hall–Kier alpha value is -2.38. The highest BCUT2D eigenvalue weighted by molar-refractivity contribution is 5.91. The first-order valence-corrected chi connectivity index (χ1v) is 9.88. The predicted octanol–water partition coefficient (Wildman–Crippen LogP) is -0.514. The molecule has 0 radical (unpaired) electrons. The molecule has 0 bridgehead atoms. The summed E-state index contributed by atoms with van der Waals surface area (Å²) in [6.45, 7) is 3.57. The van der Waals surface area contributed by atoms with Gasteiger partial charge < -0.3 is 24.4 Å². The Bertz CT molecular complexity index is 967. The number of anilines is 1. The normalized spacial score (nSPS) is 29.2. The summed E-state index contributed by atoms with van der Waals surface area (Å²) in [5.74, 6) is -0.642. The van der Waals surface area contributed by atoms with Gasteiger partial charge in [0.05, 0.1) is 12.9 Å². The molecule has 4 N–H and O–H groups in total. The standard InChI is InChI=1S/C18H25N5O7/c1-8(2)15(26)21-18-20-14-11(16(27)22-18)19-7-23(14)17-13(12(25)9(6-24)29-17)30-10-4-3-5-28-10/h7-10,12-13,17,24-25H,3-6H2,1-2H3,(H2,20,21,22,26,27)/t9-,10-,12-,13-,17-/m1/s1. The first kappa shape index (κ1) is 20.9. The summed E-state index contributed by atoms with van der Waals surface area (Å²) in [7, 11) is 0. The lowest BCUT2D eigenvalue weighted by molar-refractivity contribution is -0.181. The van der Waals surface area contributed by atoms with Crippen molar-refractivity contribution in [3.63, 3.8) is 0 Å². The minimum atomic E-state index is -1.12. The molecule has 2 aromatic rings. The maximum Gasteiger partial charge on any atom is 0.280 e. The van der Waals surface area contributed by atoms with Crippen LogP contribution in [0.5, 0.6) is 0 Å². The van der Waals surface area contributed by atoms with Gasteiger partial charge in [-0.3, -0.25) is 24.5 Å². The third-order valence-electron chi connectivity index (χ3n) is 5.16. The van der Waals surface area contributed by atoms with Crippen molar-refractivity contribution in [2.45, 2.75) is 57.5 Å². The smallest absolute Gasteiger partial charge is 0.280 e. The van der Waals surface area contributed by atoms with Gasteiger partial charge in [0.2, 0.25) is 11.9 Å². The van der Waals surface area contributed by atoms with Gasteiger partial charge >= 0.3 is 0 Å². The summed E-state index contributed by atoms with van der Waals surface area (Å²) in [5.41, 5.74) is -0.347. The minimum absolute atomic E-state index is 0.0261. The number of nitrogens with zero attached hydrogens (tertiary/aromatic N) is 3. The summed E-state index contributed by atoms with van der Waals surface area (Å²) in [6, 6.07) is 0. The number of rotatable bonds is 6. The summed E-state index contributed by atoms with van der Waals surface area (Å²) in [5, 5.41) is 22.7.